The predicted octanol–water partition coefficient (Wildman–Crippen LogP) is 4.44. The Morgan fingerprint density at radius 2 is 1.74 bits per heavy atom. The topological polar surface area (TPSA) is 158 Å². The molecule has 1 atom stereocenters. The highest BCUT2D eigenvalue weighted by Gasteiger charge is 2.30. The van der Waals surface area contributed by atoms with Crippen LogP contribution in [0.3, 0.4) is 0 Å². The first-order valence-electron chi connectivity index (χ1n) is 14.4. The van der Waals surface area contributed by atoms with Crippen LogP contribution in [0, 0.1) is 25.2 Å². The number of nitrogens with one attached hydrogen (secondary N) is 5. The van der Waals surface area contributed by atoms with Gasteiger partial charge in [0, 0.05) is 17.1 Å². The van der Waals surface area contributed by atoms with Crippen LogP contribution in [-0.4, -0.2) is 56.0 Å². The quantitative estimate of drug-likeness (QED) is 0.120. The molecule has 0 saturated heterocycles. The van der Waals surface area contributed by atoms with E-state index in [9.17, 15) is 14.4 Å². The minimum atomic E-state index is -0.573. The molecule has 4 amide bonds. The fourth-order valence-corrected chi connectivity index (χ4v) is 3.84. The average Bonchev–Trinajstić information content (AvgIpc) is 3.75. The standard InChI is InChI=1S/C21H32N6O4.C7H7Cl.C3H8/c1-3-24-20(29)16(11-14-4-5-14)27-18(28)12-26-21(30)25-8-9-31-17-7-6-15(19(22)23)10-13(17)2;1-6-3-2-4-7(8)5-6;1-3-2/h6-7,10,14,16H,3-5,8-9,11-12H2,1-2H3,(H3,22,23)(H,24,29)(H,27,28)(H2,25,26,30);2-5H,1H3;3H2,1-2H3. The lowest BCUT2D eigenvalue weighted by Gasteiger charge is -2.18. The lowest BCUT2D eigenvalue weighted by molar-refractivity contribution is -0.128. The van der Waals surface area contributed by atoms with Crippen LogP contribution in [0.1, 0.15) is 63.1 Å². The predicted molar refractivity (Wildman–Crippen MR) is 169 cm³/mol. The van der Waals surface area contributed by atoms with Gasteiger partial charge in [-0.25, -0.2) is 4.79 Å². The van der Waals surface area contributed by atoms with E-state index in [1.807, 2.05) is 45.0 Å². The lowest BCUT2D eigenvalue weighted by Crippen LogP contribution is -2.50. The van der Waals surface area contributed by atoms with Gasteiger partial charge >= 0.3 is 6.03 Å². The van der Waals surface area contributed by atoms with E-state index < -0.39 is 18.0 Å². The van der Waals surface area contributed by atoms with E-state index >= 15 is 0 Å². The molecule has 7 N–H and O–H groups in total. The van der Waals surface area contributed by atoms with Crippen LogP contribution in [0.25, 0.3) is 0 Å². The zero-order chi connectivity index (χ0) is 31.5. The highest BCUT2D eigenvalue weighted by atomic mass is 35.5. The summed E-state index contributed by atoms with van der Waals surface area (Å²) < 4.78 is 5.61. The third kappa shape index (κ3) is 15.9. The monoisotopic (exact) mass is 602 g/mol. The number of hydrogen-bond acceptors (Lipinski definition) is 5. The van der Waals surface area contributed by atoms with Crippen molar-refractivity contribution in [1.29, 1.82) is 5.41 Å². The van der Waals surface area contributed by atoms with Gasteiger partial charge in [-0.1, -0.05) is 56.8 Å². The number of rotatable bonds is 12. The van der Waals surface area contributed by atoms with Gasteiger partial charge in [0.25, 0.3) is 0 Å². The summed E-state index contributed by atoms with van der Waals surface area (Å²) in [4.78, 5) is 36.1. The van der Waals surface area contributed by atoms with Crippen LogP contribution in [0.5, 0.6) is 5.75 Å². The summed E-state index contributed by atoms with van der Waals surface area (Å²) in [6.45, 7) is 10.7. The molecule has 10 nitrogen and oxygen atoms in total. The van der Waals surface area contributed by atoms with E-state index in [1.54, 1.807) is 18.2 Å². The van der Waals surface area contributed by atoms with Crippen molar-refractivity contribution in [2.45, 2.75) is 66.3 Å². The molecule has 1 saturated carbocycles. The first-order chi connectivity index (χ1) is 20.0. The molecule has 0 spiro atoms. The van der Waals surface area contributed by atoms with E-state index in [4.69, 9.17) is 27.5 Å². The summed E-state index contributed by atoms with van der Waals surface area (Å²) >= 11 is 5.64. The Kier molecular flexibility index (Phi) is 17.4. The van der Waals surface area contributed by atoms with Crippen molar-refractivity contribution < 1.29 is 19.1 Å². The molecule has 42 heavy (non-hydrogen) atoms. The van der Waals surface area contributed by atoms with Gasteiger partial charge in [-0.15, -0.1) is 0 Å². The van der Waals surface area contributed by atoms with Gasteiger partial charge in [0.15, 0.2) is 0 Å². The van der Waals surface area contributed by atoms with Crippen molar-refractivity contribution >= 4 is 35.3 Å². The van der Waals surface area contributed by atoms with Crippen molar-refractivity contribution in [2.75, 3.05) is 26.2 Å². The zero-order valence-corrected chi connectivity index (χ0v) is 26.2. The summed E-state index contributed by atoms with van der Waals surface area (Å²) in [5.41, 5.74) is 8.11. The fourth-order valence-electron chi connectivity index (χ4n) is 3.59. The molecular formula is C31H47ClN6O4. The maximum atomic E-state index is 12.1. The van der Waals surface area contributed by atoms with Crippen molar-refractivity contribution in [3.63, 3.8) is 0 Å². The summed E-state index contributed by atoms with van der Waals surface area (Å²) in [7, 11) is 0. The van der Waals surface area contributed by atoms with Crippen LogP contribution in [0.15, 0.2) is 42.5 Å². The first kappa shape index (κ1) is 36.2. The van der Waals surface area contributed by atoms with E-state index in [0.717, 1.165) is 23.4 Å². The molecule has 0 aliphatic heterocycles. The summed E-state index contributed by atoms with van der Waals surface area (Å²) in [6.07, 6.45) is 4.03. The summed E-state index contributed by atoms with van der Waals surface area (Å²) in [6, 6.07) is 11.9. The molecule has 2 aromatic rings. The molecule has 1 aliphatic carbocycles. The van der Waals surface area contributed by atoms with Crippen molar-refractivity contribution in [2.24, 2.45) is 11.7 Å². The van der Waals surface area contributed by atoms with Crippen LogP contribution >= 0.6 is 11.6 Å². The van der Waals surface area contributed by atoms with Crippen molar-refractivity contribution in [1.82, 2.24) is 21.3 Å². The van der Waals surface area contributed by atoms with Crippen LogP contribution in [0.2, 0.25) is 5.02 Å². The molecule has 1 unspecified atom stereocenters. The minimum Gasteiger partial charge on any atom is -0.491 e. The van der Waals surface area contributed by atoms with E-state index in [1.165, 1.54) is 12.0 Å². The first-order valence-corrected chi connectivity index (χ1v) is 14.8. The Bertz CT molecular complexity index is 1140. The molecule has 0 radical (unpaired) electrons. The minimum absolute atomic E-state index is 0.0122. The number of nitrogen functional groups attached to an aromatic ring is 1. The van der Waals surface area contributed by atoms with Crippen molar-refractivity contribution in [3.05, 3.63) is 64.2 Å². The molecular weight excluding hydrogens is 556 g/mol. The number of likely N-dealkylation sites (N-methyl/N-ethyl adjacent to an activating group) is 1. The molecule has 0 aromatic heterocycles. The van der Waals surface area contributed by atoms with Gasteiger partial charge in [-0.2, -0.15) is 0 Å². The van der Waals surface area contributed by atoms with Gasteiger partial charge in [0.05, 0.1) is 13.1 Å². The second-order valence-corrected chi connectivity index (χ2v) is 10.5. The Hall–Kier alpha value is -3.79. The van der Waals surface area contributed by atoms with E-state index in [0.29, 0.717) is 30.2 Å². The maximum absolute atomic E-state index is 12.1. The van der Waals surface area contributed by atoms with Gasteiger partial charge in [0.2, 0.25) is 11.8 Å². The normalized spacial score (nSPS) is 12.2. The smallest absolute Gasteiger partial charge is 0.315 e. The Morgan fingerprint density at radius 1 is 1.05 bits per heavy atom. The van der Waals surface area contributed by atoms with Crippen LogP contribution < -0.4 is 31.7 Å². The van der Waals surface area contributed by atoms with Crippen molar-refractivity contribution in [3.8, 4) is 5.75 Å². The van der Waals surface area contributed by atoms with E-state index in [-0.39, 0.29) is 31.4 Å². The second-order valence-electron chi connectivity index (χ2n) is 10.1. The molecule has 0 heterocycles. The number of carbonyl (C=O) groups excluding carboxylic acids is 3. The number of nitrogens with two attached hydrogens (primary N) is 1. The molecule has 2 aromatic carbocycles. The molecule has 1 aliphatic rings. The van der Waals surface area contributed by atoms with Crippen LogP contribution in [-0.2, 0) is 9.59 Å². The fraction of sp³-hybridized carbons (Fsp3) is 0.484. The molecule has 0 bridgehead atoms. The number of urea groups is 1. The van der Waals surface area contributed by atoms with Crippen LogP contribution in [0.4, 0.5) is 4.79 Å². The second kappa shape index (κ2) is 20.1. The van der Waals surface area contributed by atoms with Gasteiger partial charge in [0.1, 0.15) is 24.2 Å². The number of amides is 4. The molecule has 11 heteroatoms. The number of halogens is 1. The number of aryl methyl sites for hydroxylation is 2. The Balaban J connectivity index is 0.000000671. The van der Waals surface area contributed by atoms with Gasteiger partial charge in [-0.05, 0) is 74.6 Å². The lowest BCUT2D eigenvalue weighted by atomic mass is 10.1. The van der Waals surface area contributed by atoms with Gasteiger partial charge in [-0.3, -0.25) is 15.0 Å². The number of carbonyl (C=O) groups is 3. The highest BCUT2D eigenvalue weighted by Crippen LogP contribution is 2.33. The zero-order valence-electron chi connectivity index (χ0n) is 25.4. The number of ether oxygens (including phenoxy) is 1. The summed E-state index contributed by atoms with van der Waals surface area (Å²) in [5, 5.41) is 18.7. The summed E-state index contributed by atoms with van der Waals surface area (Å²) in [5.74, 6) is 0.493. The molecule has 3 rings (SSSR count). The molecule has 1 fully saturated rings. The highest BCUT2D eigenvalue weighted by molar-refractivity contribution is 6.30. The Morgan fingerprint density at radius 3 is 2.26 bits per heavy atom. The Labute approximate surface area is 255 Å². The third-order valence-electron chi connectivity index (χ3n) is 5.79. The average molecular weight is 603 g/mol. The number of hydrogen-bond donors (Lipinski definition) is 6. The number of benzene rings is 2. The van der Waals surface area contributed by atoms with E-state index in [2.05, 4.69) is 35.1 Å². The number of amidine groups is 1. The maximum Gasteiger partial charge on any atom is 0.315 e. The van der Waals surface area contributed by atoms with Gasteiger partial charge < -0.3 is 31.7 Å². The largest absolute Gasteiger partial charge is 0.491 e. The third-order valence-corrected chi connectivity index (χ3v) is 6.02. The molecule has 232 valence electrons. The SMILES string of the molecule is CCC.CCNC(=O)C(CC1CC1)NC(=O)CNC(=O)NCCOc1ccc(C(=N)N)cc1C.Cc1cccc(Cl)c1.